The zero-order valence-corrected chi connectivity index (χ0v) is 19.4. The van der Waals surface area contributed by atoms with Crippen LogP contribution in [0.2, 0.25) is 0 Å². The zero-order valence-electron chi connectivity index (χ0n) is 18.6. The van der Waals surface area contributed by atoms with Crippen molar-refractivity contribution < 1.29 is 17.6 Å². The van der Waals surface area contributed by atoms with Crippen molar-refractivity contribution in [2.45, 2.75) is 51.0 Å². The van der Waals surface area contributed by atoms with Crippen molar-refractivity contribution in [2.24, 2.45) is 0 Å². The predicted octanol–water partition coefficient (Wildman–Crippen LogP) is 3.79. The maximum atomic E-state index is 14.0. The quantitative estimate of drug-likeness (QED) is 0.611. The van der Waals surface area contributed by atoms with Crippen LogP contribution in [-0.4, -0.2) is 46.6 Å². The number of hydrogen-bond donors (Lipinski definition) is 1. The molecule has 0 spiro atoms. The molecular weight excluding hydrogens is 445 g/mol. The van der Waals surface area contributed by atoms with E-state index in [1.807, 2.05) is 13.0 Å². The van der Waals surface area contributed by atoms with Crippen LogP contribution in [-0.2, 0) is 10.0 Å². The fraction of sp³-hybridized carbons (Fsp3) is 0.435. The van der Waals surface area contributed by atoms with Crippen LogP contribution in [0.3, 0.4) is 0 Å². The van der Waals surface area contributed by atoms with Gasteiger partial charge in [-0.2, -0.15) is 5.10 Å². The lowest BCUT2D eigenvalue weighted by Gasteiger charge is -2.35. The lowest BCUT2D eigenvalue weighted by Crippen LogP contribution is -2.39. The molecule has 1 atom stereocenters. The molecule has 10 heteroatoms. The average Bonchev–Trinajstić information content (AvgIpc) is 3.52. The molecule has 2 aromatic heterocycles. The first-order chi connectivity index (χ1) is 15.7. The summed E-state index contributed by atoms with van der Waals surface area (Å²) in [5.41, 5.74) is 3.62. The van der Waals surface area contributed by atoms with E-state index in [0.717, 1.165) is 66.8 Å². The number of aryl methyl sites for hydroxylation is 1. The van der Waals surface area contributed by atoms with Crippen LogP contribution in [0.15, 0.2) is 30.3 Å². The molecule has 1 aromatic carbocycles. The number of amides is 1. The lowest BCUT2D eigenvalue weighted by atomic mass is 9.98. The number of nitrogens with zero attached hydrogens (tertiary/aromatic N) is 4. The van der Waals surface area contributed by atoms with Crippen LogP contribution < -0.4 is 4.72 Å². The Balaban J connectivity index is 1.52. The number of rotatable bonds is 5. The Morgan fingerprint density at radius 3 is 2.64 bits per heavy atom. The highest BCUT2D eigenvalue weighted by Gasteiger charge is 2.33. The number of nitrogens with one attached hydrogen (secondary N) is 1. The largest absolute Gasteiger partial charge is 0.330 e. The third-order valence-electron chi connectivity index (χ3n) is 6.25. The number of anilines is 1. The summed E-state index contributed by atoms with van der Waals surface area (Å²) in [5, 5.41) is 4.76. The Morgan fingerprint density at radius 1 is 1.12 bits per heavy atom. The molecular formula is C23H26FN5O3S. The van der Waals surface area contributed by atoms with Crippen LogP contribution >= 0.6 is 0 Å². The summed E-state index contributed by atoms with van der Waals surface area (Å²) in [5.74, 6) is -0.509. The van der Waals surface area contributed by atoms with Gasteiger partial charge in [-0.25, -0.2) is 22.3 Å². The minimum absolute atomic E-state index is 0.0126. The Labute approximate surface area is 191 Å². The molecule has 1 N–H and O–H groups in total. The summed E-state index contributed by atoms with van der Waals surface area (Å²) in [6.07, 6.45) is 5.77. The number of fused-ring (bicyclic) bond motifs is 1. The molecule has 2 aliphatic rings. The molecule has 2 fully saturated rings. The van der Waals surface area contributed by atoms with Gasteiger partial charge in [0.25, 0.3) is 5.91 Å². The number of piperidine rings is 1. The highest BCUT2D eigenvalue weighted by Crippen LogP contribution is 2.40. The van der Waals surface area contributed by atoms with E-state index in [2.05, 4.69) is 10.8 Å². The molecule has 5 rings (SSSR count). The van der Waals surface area contributed by atoms with Gasteiger partial charge in [-0.05, 0) is 63.3 Å². The van der Waals surface area contributed by atoms with Crippen molar-refractivity contribution in [3.8, 4) is 0 Å². The molecule has 1 saturated carbocycles. The average molecular weight is 472 g/mol. The van der Waals surface area contributed by atoms with E-state index in [9.17, 15) is 17.6 Å². The van der Waals surface area contributed by atoms with E-state index in [-0.39, 0.29) is 17.3 Å². The van der Waals surface area contributed by atoms with Gasteiger partial charge in [0, 0.05) is 29.9 Å². The van der Waals surface area contributed by atoms with Crippen molar-refractivity contribution in [3.63, 3.8) is 0 Å². The minimum atomic E-state index is -3.64. The predicted molar refractivity (Wildman–Crippen MR) is 122 cm³/mol. The molecule has 1 amide bonds. The van der Waals surface area contributed by atoms with Crippen molar-refractivity contribution in [1.29, 1.82) is 0 Å². The standard InChI is InChI=1S/C23H26FN5O3S/c1-14-11-19(15-6-7-15)25-22-13-20(26-29(14)22)21-5-3-4-10-28(21)23(30)17-12-16(24)8-9-18(17)27-33(2,31)32/h8-9,11-13,15,21,27H,3-7,10H2,1-2H3. The summed E-state index contributed by atoms with van der Waals surface area (Å²) in [6.45, 7) is 2.48. The van der Waals surface area contributed by atoms with Crippen LogP contribution in [0.1, 0.15) is 71.5 Å². The molecule has 1 saturated heterocycles. The number of halogens is 1. The molecule has 1 unspecified atom stereocenters. The summed E-state index contributed by atoms with van der Waals surface area (Å²) in [7, 11) is -3.64. The Kier molecular flexibility index (Phi) is 5.35. The summed E-state index contributed by atoms with van der Waals surface area (Å²) < 4.78 is 41.8. The maximum Gasteiger partial charge on any atom is 0.256 e. The first-order valence-corrected chi connectivity index (χ1v) is 13.0. The number of benzene rings is 1. The van der Waals surface area contributed by atoms with Gasteiger partial charge in [-0.15, -0.1) is 0 Å². The molecule has 174 valence electrons. The van der Waals surface area contributed by atoms with Gasteiger partial charge in [-0.3, -0.25) is 9.52 Å². The minimum Gasteiger partial charge on any atom is -0.330 e. The maximum absolute atomic E-state index is 14.0. The highest BCUT2D eigenvalue weighted by atomic mass is 32.2. The number of aromatic nitrogens is 3. The van der Waals surface area contributed by atoms with Gasteiger partial charge < -0.3 is 4.90 Å². The highest BCUT2D eigenvalue weighted by molar-refractivity contribution is 7.92. The van der Waals surface area contributed by atoms with Crippen LogP contribution in [0.25, 0.3) is 5.65 Å². The summed E-state index contributed by atoms with van der Waals surface area (Å²) >= 11 is 0. The van der Waals surface area contributed by atoms with Gasteiger partial charge in [0.05, 0.1) is 29.2 Å². The zero-order chi connectivity index (χ0) is 23.3. The number of carbonyl (C=O) groups is 1. The normalized spacial score (nSPS) is 19.1. The number of hydrogen-bond acceptors (Lipinski definition) is 5. The van der Waals surface area contributed by atoms with Crippen molar-refractivity contribution in [1.82, 2.24) is 19.5 Å². The summed E-state index contributed by atoms with van der Waals surface area (Å²) in [4.78, 5) is 20.0. The van der Waals surface area contributed by atoms with E-state index in [1.54, 1.807) is 9.42 Å². The van der Waals surface area contributed by atoms with E-state index < -0.39 is 21.7 Å². The number of likely N-dealkylation sites (tertiary alicyclic amines) is 1. The molecule has 0 bridgehead atoms. The van der Waals surface area contributed by atoms with Crippen LogP contribution in [0.4, 0.5) is 10.1 Å². The second-order valence-corrected chi connectivity index (χ2v) is 10.8. The van der Waals surface area contributed by atoms with Crippen molar-refractivity contribution >= 4 is 27.3 Å². The van der Waals surface area contributed by atoms with Crippen LogP contribution in [0, 0.1) is 12.7 Å². The SMILES string of the molecule is Cc1cc(C2CC2)nc2cc(C3CCCCN3C(=O)c3cc(F)ccc3NS(C)(=O)=O)nn12. The van der Waals surface area contributed by atoms with E-state index in [4.69, 9.17) is 10.1 Å². The third kappa shape index (κ3) is 4.44. The van der Waals surface area contributed by atoms with Crippen LogP contribution in [0.5, 0.6) is 0 Å². The molecule has 3 heterocycles. The van der Waals surface area contributed by atoms with E-state index >= 15 is 0 Å². The van der Waals surface area contributed by atoms with Gasteiger partial charge >= 0.3 is 0 Å². The molecule has 8 nitrogen and oxygen atoms in total. The molecule has 1 aliphatic carbocycles. The first kappa shape index (κ1) is 21.8. The second-order valence-electron chi connectivity index (χ2n) is 9.01. The Bertz CT molecular complexity index is 1350. The molecule has 1 aliphatic heterocycles. The molecule has 0 radical (unpaired) electrons. The van der Waals surface area contributed by atoms with Crippen molar-refractivity contribution in [2.75, 3.05) is 17.5 Å². The number of sulfonamides is 1. The smallest absolute Gasteiger partial charge is 0.256 e. The van der Waals surface area contributed by atoms with Crippen molar-refractivity contribution in [3.05, 3.63) is 58.8 Å². The molecule has 3 aromatic rings. The number of carbonyl (C=O) groups excluding carboxylic acids is 1. The summed E-state index contributed by atoms with van der Waals surface area (Å²) in [6, 6.07) is 7.19. The monoisotopic (exact) mass is 471 g/mol. The third-order valence-corrected chi connectivity index (χ3v) is 6.84. The first-order valence-electron chi connectivity index (χ1n) is 11.1. The Morgan fingerprint density at radius 2 is 1.91 bits per heavy atom. The van der Waals surface area contributed by atoms with Gasteiger partial charge in [0.1, 0.15) is 5.82 Å². The Hall–Kier alpha value is -3.01. The lowest BCUT2D eigenvalue weighted by molar-refractivity contribution is 0.0606. The topological polar surface area (TPSA) is 96.7 Å². The van der Waals surface area contributed by atoms with Gasteiger partial charge in [0.2, 0.25) is 10.0 Å². The fourth-order valence-corrected chi connectivity index (χ4v) is 5.12. The van der Waals surface area contributed by atoms with Gasteiger partial charge in [0.15, 0.2) is 5.65 Å². The van der Waals surface area contributed by atoms with E-state index in [0.29, 0.717) is 18.9 Å². The molecule has 33 heavy (non-hydrogen) atoms. The second kappa shape index (κ2) is 8.09. The van der Waals surface area contributed by atoms with Gasteiger partial charge in [-0.1, -0.05) is 0 Å². The van der Waals surface area contributed by atoms with E-state index in [1.165, 1.54) is 6.07 Å². The fourth-order valence-electron chi connectivity index (χ4n) is 4.54.